The molecule has 7 heteroatoms. The summed E-state index contributed by atoms with van der Waals surface area (Å²) in [5.74, 6) is 0. The molecule has 6 nitrogen and oxygen atoms in total. The van der Waals surface area contributed by atoms with E-state index in [0.717, 1.165) is 5.52 Å². The summed E-state index contributed by atoms with van der Waals surface area (Å²) < 4.78 is 0. The summed E-state index contributed by atoms with van der Waals surface area (Å²) in [4.78, 5) is 19.4. The largest absolute Gasteiger partial charge is 0.341 e. The summed E-state index contributed by atoms with van der Waals surface area (Å²) in [6.45, 7) is 0. The maximum atomic E-state index is 9.01. The highest BCUT2D eigenvalue weighted by Crippen LogP contribution is 2.29. The van der Waals surface area contributed by atoms with Gasteiger partial charge in [-0.25, -0.2) is 19.9 Å². The fourth-order valence-corrected chi connectivity index (χ4v) is 2.34. The third-order valence-corrected chi connectivity index (χ3v) is 3.29. The zero-order chi connectivity index (χ0) is 12.4. The zero-order valence-electron chi connectivity index (χ0n) is 9.03. The molecule has 0 amide bonds. The number of nitrogens with zero attached hydrogens (tertiary/aromatic N) is 5. The molecule has 3 heterocycles. The van der Waals surface area contributed by atoms with Crippen LogP contribution in [-0.4, -0.2) is 24.9 Å². The van der Waals surface area contributed by atoms with E-state index in [1.807, 2.05) is 0 Å². The Morgan fingerprint density at radius 1 is 1.17 bits per heavy atom. The smallest absolute Gasteiger partial charge is 0.181 e. The van der Waals surface area contributed by atoms with Crippen LogP contribution in [0, 0.1) is 11.3 Å². The van der Waals surface area contributed by atoms with Crippen LogP contribution in [0.3, 0.4) is 0 Å². The summed E-state index contributed by atoms with van der Waals surface area (Å²) in [6, 6.07) is 5.56. The van der Waals surface area contributed by atoms with E-state index < -0.39 is 0 Å². The molecule has 3 rings (SSSR count). The number of pyridine rings is 1. The lowest BCUT2D eigenvalue weighted by Crippen LogP contribution is -1.89. The van der Waals surface area contributed by atoms with E-state index in [-0.39, 0.29) is 0 Å². The maximum absolute atomic E-state index is 9.01. The predicted octanol–water partition coefficient (Wildman–Crippen LogP) is 1.77. The number of rotatable bonds is 2. The van der Waals surface area contributed by atoms with Crippen molar-refractivity contribution in [3.63, 3.8) is 0 Å². The fraction of sp³-hybridized carbons (Fsp3) is 0. The number of nitrogens with one attached hydrogen (secondary N) is 1. The molecule has 0 bridgehead atoms. The standard InChI is InChI=1S/C11H6N6S/c12-4-7-2-1-3-13-10(7)18-11-8-9(15-5-14-8)16-6-17-11/h1-3,5-6H,(H,14,15,16,17). The topological polar surface area (TPSA) is 91.1 Å². The minimum atomic E-state index is 0.522. The summed E-state index contributed by atoms with van der Waals surface area (Å²) in [7, 11) is 0. The molecule has 86 valence electrons. The normalized spacial score (nSPS) is 10.4. The van der Waals surface area contributed by atoms with E-state index >= 15 is 0 Å². The van der Waals surface area contributed by atoms with Crippen molar-refractivity contribution in [3.8, 4) is 6.07 Å². The monoisotopic (exact) mass is 254 g/mol. The lowest BCUT2D eigenvalue weighted by molar-refractivity contribution is 1.06. The van der Waals surface area contributed by atoms with Gasteiger partial charge in [-0.3, -0.25) is 0 Å². The molecule has 3 aromatic rings. The Balaban J connectivity index is 2.07. The molecule has 0 aromatic carbocycles. The molecule has 1 N–H and O–H groups in total. The maximum Gasteiger partial charge on any atom is 0.181 e. The molecule has 0 aliphatic heterocycles. The third-order valence-electron chi connectivity index (χ3n) is 2.27. The Bertz CT molecular complexity index is 744. The predicted molar refractivity (Wildman–Crippen MR) is 64.8 cm³/mol. The second kappa shape index (κ2) is 4.43. The van der Waals surface area contributed by atoms with E-state index in [4.69, 9.17) is 5.26 Å². The van der Waals surface area contributed by atoms with Crippen molar-refractivity contribution in [2.75, 3.05) is 0 Å². The van der Waals surface area contributed by atoms with Gasteiger partial charge in [0.25, 0.3) is 0 Å². The van der Waals surface area contributed by atoms with Crippen LogP contribution in [0.1, 0.15) is 5.56 Å². The molecule has 0 radical (unpaired) electrons. The number of hydrogen-bond donors (Lipinski definition) is 1. The van der Waals surface area contributed by atoms with Crippen molar-refractivity contribution >= 4 is 22.9 Å². The first kappa shape index (κ1) is 10.7. The van der Waals surface area contributed by atoms with Crippen LogP contribution < -0.4 is 0 Å². The van der Waals surface area contributed by atoms with Gasteiger partial charge < -0.3 is 4.98 Å². The van der Waals surface area contributed by atoms with Gasteiger partial charge in [0.05, 0.1) is 11.9 Å². The molecule has 18 heavy (non-hydrogen) atoms. The molecular formula is C11H6N6S. The Morgan fingerprint density at radius 3 is 3.00 bits per heavy atom. The number of hydrogen-bond acceptors (Lipinski definition) is 6. The van der Waals surface area contributed by atoms with Crippen LogP contribution >= 0.6 is 11.8 Å². The van der Waals surface area contributed by atoms with Gasteiger partial charge in [0.15, 0.2) is 5.65 Å². The first-order valence-electron chi connectivity index (χ1n) is 5.05. The number of nitriles is 1. The number of fused-ring (bicyclic) bond motifs is 1. The van der Waals surface area contributed by atoms with E-state index in [9.17, 15) is 0 Å². The van der Waals surface area contributed by atoms with Gasteiger partial charge in [0, 0.05) is 6.20 Å². The average Bonchev–Trinajstić information content (AvgIpc) is 2.89. The summed E-state index contributed by atoms with van der Waals surface area (Å²) >= 11 is 1.32. The van der Waals surface area contributed by atoms with E-state index in [2.05, 4.69) is 31.0 Å². The first-order chi connectivity index (χ1) is 8.88. The zero-order valence-corrected chi connectivity index (χ0v) is 9.85. The minimum Gasteiger partial charge on any atom is -0.341 e. The number of H-pyrrole nitrogens is 1. The van der Waals surface area contributed by atoms with Crippen LogP contribution in [-0.2, 0) is 0 Å². The van der Waals surface area contributed by atoms with Crippen molar-refractivity contribution in [2.24, 2.45) is 0 Å². The van der Waals surface area contributed by atoms with Crippen molar-refractivity contribution in [1.29, 1.82) is 5.26 Å². The fourth-order valence-electron chi connectivity index (χ4n) is 1.47. The molecule has 0 saturated heterocycles. The number of aromatic nitrogens is 5. The van der Waals surface area contributed by atoms with Crippen molar-refractivity contribution < 1.29 is 0 Å². The summed E-state index contributed by atoms with van der Waals surface area (Å²) in [5.41, 5.74) is 1.87. The third kappa shape index (κ3) is 1.78. The van der Waals surface area contributed by atoms with E-state index in [0.29, 0.717) is 21.3 Å². The van der Waals surface area contributed by atoms with Crippen molar-refractivity contribution in [2.45, 2.75) is 10.1 Å². The Kier molecular flexibility index (Phi) is 2.63. The Labute approximate surface area is 106 Å². The molecular weight excluding hydrogens is 248 g/mol. The molecule has 0 aliphatic carbocycles. The molecule has 0 aliphatic rings. The summed E-state index contributed by atoms with van der Waals surface area (Å²) in [5, 5.41) is 10.3. The van der Waals surface area contributed by atoms with Gasteiger partial charge >= 0.3 is 0 Å². The molecule has 0 spiro atoms. The first-order valence-corrected chi connectivity index (χ1v) is 5.87. The number of aromatic amines is 1. The SMILES string of the molecule is N#Cc1cccnc1Sc1ncnc2nc[nH]c12. The molecule has 0 fully saturated rings. The molecule has 0 unspecified atom stereocenters. The Hall–Kier alpha value is -2.46. The van der Waals surface area contributed by atoms with Gasteiger partial charge in [-0.05, 0) is 23.9 Å². The lowest BCUT2D eigenvalue weighted by atomic mass is 10.3. The van der Waals surface area contributed by atoms with Crippen molar-refractivity contribution in [3.05, 3.63) is 36.5 Å². The average molecular weight is 254 g/mol. The van der Waals surface area contributed by atoms with E-state index in [1.165, 1.54) is 18.1 Å². The van der Waals surface area contributed by atoms with Crippen molar-refractivity contribution in [1.82, 2.24) is 24.9 Å². The van der Waals surface area contributed by atoms with Gasteiger partial charge in [0.1, 0.15) is 28.0 Å². The number of imidazole rings is 1. The second-order valence-corrected chi connectivity index (χ2v) is 4.33. The highest BCUT2D eigenvalue weighted by Gasteiger charge is 2.10. The minimum absolute atomic E-state index is 0.522. The van der Waals surface area contributed by atoms with Gasteiger partial charge in [-0.15, -0.1) is 0 Å². The highest BCUT2D eigenvalue weighted by molar-refractivity contribution is 7.99. The molecule has 0 atom stereocenters. The van der Waals surface area contributed by atoms with Crippen LogP contribution in [0.25, 0.3) is 11.2 Å². The van der Waals surface area contributed by atoms with Gasteiger partial charge in [0.2, 0.25) is 0 Å². The lowest BCUT2D eigenvalue weighted by Gasteiger charge is -2.01. The Morgan fingerprint density at radius 2 is 2.11 bits per heavy atom. The quantitative estimate of drug-likeness (QED) is 0.701. The molecule has 3 aromatic heterocycles. The second-order valence-electron chi connectivity index (χ2n) is 3.35. The van der Waals surface area contributed by atoms with Crippen LogP contribution in [0.4, 0.5) is 0 Å². The highest BCUT2D eigenvalue weighted by atomic mass is 32.2. The van der Waals surface area contributed by atoms with Crippen LogP contribution in [0.2, 0.25) is 0 Å². The summed E-state index contributed by atoms with van der Waals surface area (Å²) in [6.07, 6.45) is 4.65. The van der Waals surface area contributed by atoms with E-state index in [1.54, 1.807) is 24.7 Å². The van der Waals surface area contributed by atoms with Gasteiger partial charge in [-0.1, -0.05) is 0 Å². The van der Waals surface area contributed by atoms with Gasteiger partial charge in [-0.2, -0.15) is 5.26 Å². The van der Waals surface area contributed by atoms with Crippen LogP contribution in [0.5, 0.6) is 0 Å². The molecule has 0 saturated carbocycles. The van der Waals surface area contributed by atoms with Crippen LogP contribution in [0.15, 0.2) is 41.0 Å².